The van der Waals surface area contributed by atoms with E-state index >= 15 is 0 Å². The third kappa shape index (κ3) is 2.82. The molecule has 2 heterocycles. The summed E-state index contributed by atoms with van der Waals surface area (Å²) >= 11 is 0. The molecule has 2 aliphatic heterocycles. The molecule has 0 aliphatic carbocycles. The summed E-state index contributed by atoms with van der Waals surface area (Å²) in [7, 11) is 1.32. The average Bonchev–Trinajstić information content (AvgIpc) is 3.10. The number of rotatable bonds is 6. The summed E-state index contributed by atoms with van der Waals surface area (Å²) in [5.74, 6) is -0.855. The van der Waals surface area contributed by atoms with Crippen molar-refractivity contribution in [2.75, 3.05) is 13.7 Å². The van der Waals surface area contributed by atoms with Crippen molar-refractivity contribution in [2.45, 2.75) is 51.7 Å². The van der Waals surface area contributed by atoms with Gasteiger partial charge in [-0.05, 0) is 24.8 Å². The van der Waals surface area contributed by atoms with Gasteiger partial charge in [0.15, 0.2) is 0 Å². The van der Waals surface area contributed by atoms with Gasteiger partial charge in [0.25, 0.3) is 0 Å². The minimum atomic E-state index is -1.43. The zero-order valence-electron chi connectivity index (χ0n) is 16.0. The van der Waals surface area contributed by atoms with Gasteiger partial charge < -0.3 is 14.2 Å². The molecule has 5 heteroatoms. The number of ether oxygens (including phenoxy) is 3. The number of methoxy groups -OCH3 is 1. The maximum atomic E-state index is 12.9. The van der Waals surface area contributed by atoms with Crippen LogP contribution in [0.25, 0.3) is 0 Å². The predicted octanol–water partition coefficient (Wildman–Crippen LogP) is 3.68. The SMILES string of the molecule is COC(=O)[C@]12C(=O)OC[C@H]1[C@@](C)(CCCC(C)C)O[C@H]2c1ccccc1. The Morgan fingerprint density at radius 2 is 2.00 bits per heavy atom. The first-order chi connectivity index (χ1) is 12.4. The molecule has 0 aromatic heterocycles. The first-order valence-corrected chi connectivity index (χ1v) is 9.34. The number of carbonyl (C=O) groups is 2. The highest BCUT2D eigenvalue weighted by Crippen LogP contribution is 2.61. The van der Waals surface area contributed by atoms with Gasteiger partial charge in [-0.25, -0.2) is 0 Å². The average molecular weight is 360 g/mol. The highest BCUT2D eigenvalue weighted by Gasteiger charge is 2.74. The zero-order valence-corrected chi connectivity index (χ0v) is 16.0. The van der Waals surface area contributed by atoms with Gasteiger partial charge in [-0.2, -0.15) is 0 Å². The van der Waals surface area contributed by atoms with Crippen LogP contribution in [0, 0.1) is 17.3 Å². The molecule has 0 radical (unpaired) electrons. The smallest absolute Gasteiger partial charge is 0.327 e. The molecule has 4 atom stereocenters. The first-order valence-electron chi connectivity index (χ1n) is 9.34. The van der Waals surface area contributed by atoms with Crippen LogP contribution in [0.2, 0.25) is 0 Å². The second-order valence-electron chi connectivity index (χ2n) is 8.02. The molecule has 0 amide bonds. The minimum absolute atomic E-state index is 0.190. The molecular formula is C21H28O5. The standard InChI is InChI=1S/C21H28O5/c1-14(2)9-8-12-20(3)16-13-25-19(23)21(16,18(22)24-4)17(26-20)15-10-6-5-7-11-15/h5-7,10-11,14,16-17H,8-9,12-13H2,1-4H3/t16-,17-,20+,21-/m0/s1. The highest BCUT2D eigenvalue weighted by atomic mass is 16.6. The highest BCUT2D eigenvalue weighted by molar-refractivity contribution is 6.03. The molecule has 2 fully saturated rings. The van der Waals surface area contributed by atoms with Crippen molar-refractivity contribution in [3.05, 3.63) is 35.9 Å². The summed E-state index contributed by atoms with van der Waals surface area (Å²) < 4.78 is 17.0. The van der Waals surface area contributed by atoms with Gasteiger partial charge in [0, 0.05) is 0 Å². The van der Waals surface area contributed by atoms with Crippen molar-refractivity contribution in [3.63, 3.8) is 0 Å². The van der Waals surface area contributed by atoms with E-state index in [2.05, 4.69) is 13.8 Å². The lowest BCUT2D eigenvalue weighted by atomic mass is 9.67. The Hall–Kier alpha value is -1.88. The van der Waals surface area contributed by atoms with Crippen molar-refractivity contribution in [2.24, 2.45) is 17.3 Å². The minimum Gasteiger partial charge on any atom is -0.468 e. The fraction of sp³-hybridized carbons (Fsp3) is 0.619. The van der Waals surface area contributed by atoms with E-state index in [1.165, 1.54) is 7.11 Å². The van der Waals surface area contributed by atoms with Gasteiger partial charge in [-0.1, -0.05) is 57.0 Å². The van der Waals surface area contributed by atoms with Crippen molar-refractivity contribution in [1.29, 1.82) is 0 Å². The van der Waals surface area contributed by atoms with E-state index in [4.69, 9.17) is 14.2 Å². The maximum absolute atomic E-state index is 12.9. The van der Waals surface area contributed by atoms with Crippen LogP contribution in [0.15, 0.2) is 30.3 Å². The molecule has 0 saturated carbocycles. The molecule has 0 spiro atoms. The number of fused-ring (bicyclic) bond motifs is 1. The summed E-state index contributed by atoms with van der Waals surface area (Å²) in [6, 6.07) is 9.44. The van der Waals surface area contributed by atoms with Crippen LogP contribution in [0.5, 0.6) is 0 Å². The molecule has 3 rings (SSSR count). The quantitative estimate of drug-likeness (QED) is 0.572. The number of cyclic esters (lactones) is 1. The molecule has 2 aliphatic rings. The first kappa shape index (κ1) is 18.9. The second-order valence-corrected chi connectivity index (χ2v) is 8.02. The third-order valence-corrected chi connectivity index (χ3v) is 5.89. The van der Waals surface area contributed by atoms with Crippen LogP contribution in [-0.2, 0) is 23.8 Å². The molecule has 1 aromatic rings. The number of hydrogen-bond acceptors (Lipinski definition) is 5. The van der Waals surface area contributed by atoms with Gasteiger partial charge in [-0.15, -0.1) is 0 Å². The van der Waals surface area contributed by atoms with Crippen LogP contribution in [0.3, 0.4) is 0 Å². The van der Waals surface area contributed by atoms with Gasteiger partial charge >= 0.3 is 11.9 Å². The molecule has 1 aromatic carbocycles. The Labute approximate surface area is 155 Å². The monoisotopic (exact) mass is 360 g/mol. The predicted molar refractivity (Wildman–Crippen MR) is 96.3 cm³/mol. The fourth-order valence-electron chi connectivity index (χ4n) is 4.50. The van der Waals surface area contributed by atoms with E-state index in [9.17, 15) is 9.59 Å². The molecule has 142 valence electrons. The lowest BCUT2D eigenvalue weighted by Gasteiger charge is -2.30. The van der Waals surface area contributed by atoms with E-state index < -0.39 is 29.1 Å². The lowest BCUT2D eigenvalue weighted by molar-refractivity contribution is -0.170. The summed E-state index contributed by atoms with van der Waals surface area (Å²) in [4.78, 5) is 25.7. The third-order valence-electron chi connectivity index (χ3n) is 5.89. The molecule has 0 unspecified atom stereocenters. The summed E-state index contributed by atoms with van der Waals surface area (Å²) in [6.07, 6.45) is 2.12. The topological polar surface area (TPSA) is 61.8 Å². The van der Waals surface area contributed by atoms with Gasteiger partial charge in [0.05, 0.1) is 25.2 Å². The Kier molecular flexibility index (Phi) is 5.11. The second kappa shape index (κ2) is 7.03. The van der Waals surface area contributed by atoms with E-state index in [-0.39, 0.29) is 12.5 Å². The summed E-state index contributed by atoms with van der Waals surface area (Å²) in [6.45, 7) is 6.56. The Bertz CT molecular complexity index is 670. The van der Waals surface area contributed by atoms with Crippen LogP contribution in [0.4, 0.5) is 0 Å². The lowest BCUT2D eigenvalue weighted by Crippen LogP contribution is -2.46. The summed E-state index contributed by atoms with van der Waals surface area (Å²) in [5.41, 5.74) is -1.24. The molecule has 0 bridgehead atoms. The molecule has 5 nitrogen and oxygen atoms in total. The van der Waals surface area contributed by atoms with Crippen molar-refractivity contribution >= 4 is 11.9 Å². The van der Waals surface area contributed by atoms with E-state index in [0.29, 0.717) is 5.92 Å². The number of esters is 2. The number of benzene rings is 1. The molecule has 2 saturated heterocycles. The van der Waals surface area contributed by atoms with E-state index in [1.807, 2.05) is 37.3 Å². The van der Waals surface area contributed by atoms with Crippen molar-refractivity contribution in [1.82, 2.24) is 0 Å². The van der Waals surface area contributed by atoms with Crippen LogP contribution < -0.4 is 0 Å². The Morgan fingerprint density at radius 1 is 1.31 bits per heavy atom. The largest absolute Gasteiger partial charge is 0.468 e. The fourth-order valence-corrected chi connectivity index (χ4v) is 4.50. The maximum Gasteiger partial charge on any atom is 0.327 e. The Balaban J connectivity index is 2.03. The van der Waals surface area contributed by atoms with Crippen molar-refractivity contribution in [3.8, 4) is 0 Å². The Morgan fingerprint density at radius 3 is 2.62 bits per heavy atom. The van der Waals surface area contributed by atoms with Crippen LogP contribution in [0.1, 0.15) is 51.7 Å². The van der Waals surface area contributed by atoms with Crippen LogP contribution in [-0.4, -0.2) is 31.3 Å². The normalized spacial score (nSPS) is 33.2. The molecular weight excluding hydrogens is 332 g/mol. The van der Waals surface area contributed by atoms with E-state index in [0.717, 1.165) is 24.8 Å². The van der Waals surface area contributed by atoms with Gasteiger partial charge in [0.2, 0.25) is 5.41 Å². The number of carbonyl (C=O) groups excluding carboxylic acids is 2. The van der Waals surface area contributed by atoms with Crippen LogP contribution >= 0.6 is 0 Å². The molecule has 0 N–H and O–H groups in total. The summed E-state index contributed by atoms with van der Waals surface area (Å²) in [5, 5.41) is 0. The molecule has 26 heavy (non-hydrogen) atoms. The van der Waals surface area contributed by atoms with Crippen molar-refractivity contribution < 1.29 is 23.8 Å². The zero-order chi connectivity index (χ0) is 18.9. The van der Waals surface area contributed by atoms with Gasteiger partial charge in [0.1, 0.15) is 6.10 Å². The van der Waals surface area contributed by atoms with Gasteiger partial charge in [-0.3, -0.25) is 9.59 Å². The van der Waals surface area contributed by atoms with E-state index in [1.54, 1.807) is 0 Å². The number of hydrogen-bond donors (Lipinski definition) is 0.